The van der Waals surface area contributed by atoms with Gasteiger partial charge in [0.05, 0.1) is 31.5 Å². The molecule has 0 radical (unpaired) electrons. The summed E-state index contributed by atoms with van der Waals surface area (Å²) >= 11 is 0. The van der Waals surface area contributed by atoms with Crippen molar-refractivity contribution in [2.75, 3.05) is 13.7 Å². The zero-order valence-electron chi connectivity index (χ0n) is 16.9. The van der Waals surface area contributed by atoms with Gasteiger partial charge in [-0.25, -0.2) is 0 Å². The number of pyridine rings is 1. The number of rotatable bonds is 5. The maximum atomic E-state index is 13.3. The van der Waals surface area contributed by atoms with Crippen molar-refractivity contribution in [2.45, 2.75) is 38.6 Å². The van der Waals surface area contributed by atoms with E-state index in [0.717, 1.165) is 59.5 Å². The maximum Gasteiger partial charge on any atom is 0.227 e. The summed E-state index contributed by atoms with van der Waals surface area (Å²) in [6, 6.07) is 9.72. The Labute approximate surface area is 170 Å². The predicted octanol–water partition coefficient (Wildman–Crippen LogP) is 4.09. The minimum Gasteiger partial charge on any atom is -0.496 e. The van der Waals surface area contributed by atoms with Crippen LogP contribution in [-0.4, -0.2) is 39.6 Å². The quantitative estimate of drug-likeness (QED) is 0.712. The minimum absolute atomic E-state index is 0.00368. The number of aryl methyl sites for hydroxylation is 1. The highest BCUT2D eigenvalue weighted by atomic mass is 16.5. The lowest BCUT2D eigenvalue weighted by molar-refractivity contribution is -0.134. The van der Waals surface area contributed by atoms with Crippen LogP contribution in [0.3, 0.4) is 0 Å². The van der Waals surface area contributed by atoms with Crippen molar-refractivity contribution in [2.24, 2.45) is 0 Å². The lowest BCUT2D eigenvalue weighted by Gasteiger charge is -2.36. The molecule has 1 atom stereocenters. The molecule has 3 heterocycles. The Morgan fingerprint density at radius 3 is 2.90 bits per heavy atom. The maximum absolute atomic E-state index is 13.3. The number of nitrogens with zero attached hydrogens (tertiary/aromatic N) is 3. The summed E-state index contributed by atoms with van der Waals surface area (Å²) in [5.74, 6) is 0.871. The molecule has 1 fully saturated rings. The van der Waals surface area contributed by atoms with E-state index in [1.165, 1.54) is 0 Å². The van der Waals surface area contributed by atoms with Crippen LogP contribution >= 0.6 is 0 Å². The molecule has 0 spiro atoms. The van der Waals surface area contributed by atoms with Gasteiger partial charge in [0.25, 0.3) is 0 Å². The van der Waals surface area contributed by atoms with Crippen LogP contribution in [0.25, 0.3) is 11.1 Å². The third-order valence-corrected chi connectivity index (χ3v) is 5.67. The fraction of sp³-hybridized carbons (Fsp3) is 0.348. The van der Waals surface area contributed by atoms with E-state index in [1.807, 2.05) is 54.5 Å². The summed E-state index contributed by atoms with van der Waals surface area (Å²) in [5, 5.41) is 7.50. The SMILES string of the molecule is COc1ccccc1CC(=O)N1CCCC[C@@H]1c1[nH]ncc1-c1ccncc1C. The molecule has 1 amide bonds. The van der Waals surface area contributed by atoms with Gasteiger partial charge in [0.15, 0.2) is 0 Å². The van der Waals surface area contributed by atoms with Gasteiger partial charge in [-0.1, -0.05) is 18.2 Å². The molecule has 3 aromatic rings. The highest BCUT2D eigenvalue weighted by molar-refractivity contribution is 5.80. The lowest BCUT2D eigenvalue weighted by atomic mass is 9.93. The highest BCUT2D eigenvalue weighted by Gasteiger charge is 2.31. The van der Waals surface area contributed by atoms with Gasteiger partial charge in [0.1, 0.15) is 5.75 Å². The number of H-pyrrole nitrogens is 1. The first kappa shape index (κ1) is 19.2. The van der Waals surface area contributed by atoms with Crippen molar-refractivity contribution in [3.8, 4) is 16.9 Å². The molecule has 6 nitrogen and oxygen atoms in total. The number of aromatic nitrogens is 3. The van der Waals surface area contributed by atoms with Crippen LogP contribution in [0.1, 0.15) is 42.1 Å². The Kier molecular flexibility index (Phi) is 5.60. The Morgan fingerprint density at radius 2 is 2.07 bits per heavy atom. The number of piperidine rings is 1. The molecule has 150 valence electrons. The summed E-state index contributed by atoms with van der Waals surface area (Å²) in [5.41, 5.74) is 5.17. The number of hydrogen-bond acceptors (Lipinski definition) is 4. The van der Waals surface area contributed by atoms with Crippen LogP contribution in [0.2, 0.25) is 0 Å². The molecule has 4 rings (SSSR count). The van der Waals surface area contributed by atoms with Gasteiger partial charge in [-0.3, -0.25) is 14.9 Å². The topological polar surface area (TPSA) is 71.1 Å². The molecular weight excluding hydrogens is 364 g/mol. The first-order chi connectivity index (χ1) is 14.2. The largest absolute Gasteiger partial charge is 0.496 e. The van der Waals surface area contributed by atoms with Gasteiger partial charge in [0.2, 0.25) is 5.91 Å². The van der Waals surface area contributed by atoms with Gasteiger partial charge >= 0.3 is 0 Å². The molecule has 6 heteroatoms. The van der Waals surface area contributed by atoms with Crippen molar-refractivity contribution in [1.29, 1.82) is 0 Å². The Morgan fingerprint density at radius 1 is 1.21 bits per heavy atom. The average Bonchev–Trinajstić information content (AvgIpc) is 3.24. The fourth-order valence-corrected chi connectivity index (χ4v) is 4.18. The van der Waals surface area contributed by atoms with Crippen molar-refractivity contribution in [1.82, 2.24) is 20.1 Å². The van der Waals surface area contributed by atoms with Gasteiger partial charge in [-0.05, 0) is 49.4 Å². The first-order valence-electron chi connectivity index (χ1n) is 10.0. The van der Waals surface area contributed by atoms with Crippen molar-refractivity contribution in [3.05, 3.63) is 65.7 Å². The zero-order valence-corrected chi connectivity index (χ0v) is 16.9. The summed E-state index contributed by atoms with van der Waals surface area (Å²) in [6.07, 6.45) is 8.88. The molecular formula is C23H26N4O2. The molecule has 1 N–H and O–H groups in total. The molecule has 1 aromatic carbocycles. The number of amides is 1. The number of likely N-dealkylation sites (tertiary alicyclic amines) is 1. The third-order valence-electron chi connectivity index (χ3n) is 5.67. The van der Waals surface area contributed by atoms with Gasteiger partial charge in [-0.15, -0.1) is 0 Å². The molecule has 0 unspecified atom stereocenters. The smallest absolute Gasteiger partial charge is 0.227 e. The number of nitrogens with one attached hydrogen (secondary N) is 1. The summed E-state index contributed by atoms with van der Waals surface area (Å²) < 4.78 is 5.43. The molecule has 1 aliphatic rings. The van der Waals surface area contributed by atoms with E-state index in [2.05, 4.69) is 15.2 Å². The number of hydrogen-bond donors (Lipinski definition) is 1. The number of ether oxygens (including phenoxy) is 1. The van der Waals surface area contributed by atoms with Crippen LogP contribution in [0.15, 0.2) is 48.9 Å². The van der Waals surface area contributed by atoms with E-state index in [4.69, 9.17) is 4.74 Å². The van der Waals surface area contributed by atoms with E-state index in [1.54, 1.807) is 13.3 Å². The first-order valence-corrected chi connectivity index (χ1v) is 10.0. The van der Waals surface area contributed by atoms with Crippen LogP contribution < -0.4 is 4.74 Å². The van der Waals surface area contributed by atoms with E-state index < -0.39 is 0 Å². The van der Waals surface area contributed by atoms with Crippen molar-refractivity contribution >= 4 is 5.91 Å². The molecule has 0 aliphatic carbocycles. The van der Waals surface area contributed by atoms with Gasteiger partial charge in [-0.2, -0.15) is 5.10 Å². The third kappa shape index (κ3) is 3.88. The Bertz CT molecular complexity index is 998. The second-order valence-corrected chi connectivity index (χ2v) is 7.48. The Hall–Kier alpha value is -3.15. The number of aromatic amines is 1. The number of para-hydroxylation sites is 1. The normalized spacial score (nSPS) is 16.6. The van der Waals surface area contributed by atoms with Crippen LogP contribution in [0, 0.1) is 6.92 Å². The Balaban J connectivity index is 1.63. The highest BCUT2D eigenvalue weighted by Crippen LogP contribution is 2.37. The van der Waals surface area contributed by atoms with E-state index in [-0.39, 0.29) is 11.9 Å². The second-order valence-electron chi connectivity index (χ2n) is 7.48. The van der Waals surface area contributed by atoms with E-state index >= 15 is 0 Å². The standard InChI is InChI=1S/C23H26N4O2/c1-16-14-24-11-10-18(16)19-15-25-26-23(19)20-8-5-6-12-27(20)22(28)13-17-7-3-4-9-21(17)29-2/h3-4,7,9-11,14-15,20H,5-6,8,12-13H2,1-2H3,(H,25,26)/t20-/m1/s1. The molecule has 1 saturated heterocycles. The predicted molar refractivity (Wildman–Crippen MR) is 112 cm³/mol. The van der Waals surface area contributed by atoms with Crippen LogP contribution in [-0.2, 0) is 11.2 Å². The lowest BCUT2D eigenvalue weighted by Crippen LogP contribution is -2.39. The molecule has 29 heavy (non-hydrogen) atoms. The van der Waals surface area contributed by atoms with E-state index in [0.29, 0.717) is 6.42 Å². The molecule has 1 aliphatic heterocycles. The number of benzene rings is 1. The summed E-state index contributed by atoms with van der Waals surface area (Å²) in [7, 11) is 1.64. The monoisotopic (exact) mass is 390 g/mol. The second kappa shape index (κ2) is 8.47. The summed E-state index contributed by atoms with van der Waals surface area (Å²) in [4.78, 5) is 19.5. The van der Waals surface area contributed by atoms with Crippen molar-refractivity contribution in [3.63, 3.8) is 0 Å². The minimum atomic E-state index is -0.00368. The van der Waals surface area contributed by atoms with Crippen LogP contribution in [0.5, 0.6) is 5.75 Å². The number of carbonyl (C=O) groups excluding carboxylic acids is 1. The number of carbonyl (C=O) groups is 1. The molecule has 2 aromatic heterocycles. The molecule has 0 saturated carbocycles. The zero-order chi connectivity index (χ0) is 20.2. The summed E-state index contributed by atoms with van der Waals surface area (Å²) in [6.45, 7) is 2.80. The van der Waals surface area contributed by atoms with E-state index in [9.17, 15) is 4.79 Å². The number of methoxy groups -OCH3 is 1. The van der Waals surface area contributed by atoms with Crippen LogP contribution in [0.4, 0.5) is 0 Å². The van der Waals surface area contributed by atoms with Gasteiger partial charge < -0.3 is 9.64 Å². The average molecular weight is 390 g/mol. The fourth-order valence-electron chi connectivity index (χ4n) is 4.18. The molecule has 0 bridgehead atoms. The van der Waals surface area contributed by atoms with Gasteiger partial charge in [0, 0.05) is 30.1 Å². The van der Waals surface area contributed by atoms with Crippen molar-refractivity contribution < 1.29 is 9.53 Å².